The van der Waals surface area contributed by atoms with Gasteiger partial charge in [-0.05, 0) is 23.5 Å². The summed E-state index contributed by atoms with van der Waals surface area (Å²) in [4.78, 5) is 37.2. The molecule has 2 aliphatic rings. The number of benzene rings is 1. The smallest absolute Gasteiger partial charge is 0.257 e. The summed E-state index contributed by atoms with van der Waals surface area (Å²) in [7, 11) is 0. The van der Waals surface area contributed by atoms with Crippen LogP contribution in [-0.4, -0.2) is 33.8 Å². The molecule has 3 amide bonds. The highest BCUT2D eigenvalue weighted by molar-refractivity contribution is 6.05. The SMILES string of the molecule is CC(C)(C)c1ccc2c(c1)C(=O)N(C1CCC(=O)NC1=O)C2O. The van der Waals surface area contributed by atoms with Crippen molar-refractivity contribution in [2.45, 2.75) is 51.3 Å². The normalized spacial score (nSPS) is 24.7. The highest BCUT2D eigenvalue weighted by Gasteiger charge is 2.44. The Balaban J connectivity index is 1.96. The maximum atomic E-state index is 12.7. The number of nitrogens with one attached hydrogen (secondary N) is 1. The van der Waals surface area contributed by atoms with Crippen LogP contribution in [0.25, 0.3) is 0 Å². The van der Waals surface area contributed by atoms with Crippen molar-refractivity contribution in [3.63, 3.8) is 0 Å². The van der Waals surface area contributed by atoms with E-state index in [1.54, 1.807) is 12.1 Å². The molecule has 1 aromatic carbocycles. The number of carbonyl (C=O) groups is 3. The van der Waals surface area contributed by atoms with E-state index in [0.29, 0.717) is 11.1 Å². The number of carbonyl (C=O) groups excluding carboxylic acids is 3. The van der Waals surface area contributed by atoms with Crippen molar-refractivity contribution in [3.05, 3.63) is 34.9 Å². The monoisotopic (exact) mass is 316 g/mol. The quantitative estimate of drug-likeness (QED) is 0.763. The van der Waals surface area contributed by atoms with Crippen molar-refractivity contribution in [2.75, 3.05) is 0 Å². The van der Waals surface area contributed by atoms with E-state index < -0.39 is 18.2 Å². The molecule has 1 fully saturated rings. The minimum absolute atomic E-state index is 0.123. The number of aliphatic hydroxyl groups excluding tert-OH is 1. The van der Waals surface area contributed by atoms with Crippen LogP contribution >= 0.6 is 0 Å². The lowest BCUT2D eigenvalue weighted by atomic mass is 9.85. The van der Waals surface area contributed by atoms with E-state index >= 15 is 0 Å². The van der Waals surface area contributed by atoms with Crippen molar-refractivity contribution in [3.8, 4) is 0 Å². The van der Waals surface area contributed by atoms with Crippen molar-refractivity contribution in [1.29, 1.82) is 0 Å². The Morgan fingerprint density at radius 1 is 1.22 bits per heavy atom. The second-order valence-corrected chi connectivity index (χ2v) is 7.11. The first-order valence-electron chi connectivity index (χ1n) is 7.69. The molecule has 2 heterocycles. The molecular formula is C17H20N2O4. The Hall–Kier alpha value is -2.21. The topological polar surface area (TPSA) is 86.7 Å². The predicted octanol–water partition coefficient (Wildman–Crippen LogP) is 1.24. The van der Waals surface area contributed by atoms with Crippen molar-refractivity contribution < 1.29 is 19.5 Å². The number of fused-ring (bicyclic) bond motifs is 1. The summed E-state index contributed by atoms with van der Waals surface area (Å²) in [6.45, 7) is 6.13. The summed E-state index contributed by atoms with van der Waals surface area (Å²) in [5.41, 5.74) is 1.80. The predicted molar refractivity (Wildman–Crippen MR) is 82.4 cm³/mol. The number of aliphatic hydroxyl groups is 1. The van der Waals surface area contributed by atoms with Gasteiger partial charge in [-0.3, -0.25) is 24.6 Å². The zero-order valence-corrected chi connectivity index (χ0v) is 13.4. The molecule has 0 aliphatic carbocycles. The van der Waals surface area contributed by atoms with Gasteiger partial charge in [-0.25, -0.2) is 0 Å². The number of imide groups is 1. The summed E-state index contributed by atoms with van der Waals surface area (Å²) in [6.07, 6.45) is -0.764. The van der Waals surface area contributed by atoms with Crippen molar-refractivity contribution in [1.82, 2.24) is 10.2 Å². The highest BCUT2D eigenvalue weighted by atomic mass is 16.3. The molecule has 122 valence electrons. The van der Waals surface area contributed by atoms with Gasteiger partial charge in [0.2, 0.25) is 11.8 Å². The van der Waals surface area contributed by atoms with E-state index in [4.69, 9.17) is 0 Å². The van der Waals surface area contributed by atoms with Gasteiger partial charge >= 0.3 is 0 Å². The third-order valence-corrected chi connectivity index (χ3v) is 4.47. The zero-order valence-electron chi connectivity index (χ0n) is 13.4. The molecule has 2 aliphatic heterocycles. The lowest BCUT2D eigenvalue weighted by molar-refractivity contribution is -0.139. The van der Waals surface area contributed by atoms with Gasteiger partial charge in [0.05, 0.1) is 0 Å². The van der Waals surface area contributed by atoms with Gasteiger partial charge < -0.3 is 5.11 Å². The van der Waals surface area contributed by atoms with Gasteiger partial charge in [0.25, 0.3) is 5.91 Å². The molecule has 0 saturated carbocycles. The van der Waals surface area contributed by atoms with Crippen LogP contribution in [0.4, 0.5) is 0 Å². The summed E-state index contributed by atoms with van der Waals surface area (Å²) in [5, 5.41) is 12.7. The van der Waals surface area contributed by atoms with Gasteiger partial charge in [0, 0.05) is 17.5 Å². The fraction of sp³-hybridized carbons (Fsp3) is 0.471. The summed E-state index contributed by atoms with van der Waals surface area (Å²) >= 11 is 0. The Bertz CT molecular complexity index is 705. The van der Waals surface area contributed by atoms with Crippen LogP contribution in [0.5, 0.6) is 0 Å². The summed E-state index contributed by atoms with van der Waals surface area (Å²) < 4.78 is 0. The first-order valence-corrected chi connectivity index (χ1v) is 7.69. The number of amides is 3. The molecular weight excluding hydrogens is 296 g/mol. The van der Waals surface area contributed by atoms with Crippen LogP contribution in [0, 0.1) is 0 Å². The fourth-order valence-electron chi connectivity index (χ4n) is 3.09. The minimum atomic E-state index is -1.16. The van der Waals surface area contributed by atoms with E-state index in [1.807, 2.05) is 26.8 Å². The van der Waals surface area contributed by atoms with Crippen LogP contribution < -0.4 is 5.32 Å². The fourth-order valence-corrected chi connectivity index (χ4v) is 3.09. The number of piperidine rings is 1. The number of rotatable bonds is 1. The van der Waals surface area contributed by atoms with Gasteiger partial charge in [0.1, 0.15) is 6.04 Å². The van der Waals surface area contributed by atoms with Crippen molar-refractivity contribution in [2.24, 2.45) is 0 Å². The standard InChI is InChI=1S/C17H20N2O4/c1-17(2,3)9-4-5-10-11(8-9)16(23)19(15(10)22)12-6-7-13(20)18-14(12)21/h4-5,8,12,15,22H,6-7H2,1-3H3,(H,18,20,21). The molecule has 2 atom stereocenters. The molecule has 23 heavy (non-hydrogen) atoms. The zero-order chi connectivity index (χ0) is 16.9. The van der Waals surface area contributed by atoms with Gasteiger partial charge in [-0.2, -0.15) is 0 Å². The molecule has 0 bridgehead atoms. The van der Waals surface area contributed by atoms with E-state index in [0.717, 1.165) is 5.56 Å². The number of hydrogen-bond acceptors (Lipinski definition) is 4. The lowest BCUT2D eigenvalue weighted by Crippen LogP contribution is -2.53. The molecule has 2 unspecified atom stereocenters. The van der Waals surface area contributed by atoms with Gasteiger partial charge in [-0.1, -0.05) is 32.9 Å². The van der Waals surface area contributed by atoms with Gasteiger partial charge in [0.15, 0.2) is 6.23 Å². The lowest BCUT2D eigenvalue weighted by Gasteiger charge is -2.31. The van der Waals surface area contributed by atoms with Crippen LogP contribution in [0.15, 0.2) is 18.2 Å². The van der Waals surface area contributed by atoms with Crippen LogP contribution in [0.1, 0.15) is 61.3 Å². The third-order valence-electron chi connectivity index (χ3n) is 4.47. The Kier molecular flexibility index (Phi) is 3.52. The van der Waals surface area contributed by atoms with Crippen LogP contribution in [0.2, 0.25) is 0 Å². The molecule has 2 N–H and O–H groups in total. The molecule has 1 saturated heterocycles. The van der Waals surface area contributed by atoms with E-state index in [2.05, 4.69) is 5.32 Å². The van der Waals surface area contributed by atoms with Crippen molar-refractivity contribution >= 4 is 17.7 Å². The molecule has 0 aromatic heterocycles. The highest BCUT2D eigenvalue weighted by Crippen LogP contribution is 2.37. The summed E-state index contributed by atoms with van der Waals surface area (Å²) in [6, 6.07) is 4.60. The summed E-state index contributed by atoms with van der Waals surface area (Å²) in [5.74, 6) is -1.24. The first-order chi connectivity index (χ1) is 10.7. The molecule has 6 nitrogen and oxygen atoms in total. The number of nitrogens with zero attached hydrogens (tertiary/aromatic N) is 1. The Morgan fingerprint density at radius 3 is 2.52 bits per heavy atom. The van der Waals surface area contributed by atoms with E-state index in [-0.39, 0.29) is 30.1 Å². The second-order valence-electron chi connectivity index (χ2n) is 7.11. The van der Waals surface area contributed by atoms with E-state index in [1.165, 1.54) is 4.90 Å². The Labute approximate surface area is 134 Å². The van der Waals surface area contributed by atoms with Crippen LogP contribution in [0.3, 0.4) is 0 Å². The minimum Gasteiger partial charge on any atom is -0.369 e. The second kappa shape index (κ2) is 5.16. The first kappa shape index (κ1) is 15.7. The molecule has 0 radical (unpaired) electrons. The van der Waals surface area contributed by atoms with Crippen LogP contribution in [-0.2, 0) is 15.0 Å². The van der Waals surface area contributed by atoms with Gasteiger partial charge in [-0.15, -0.1) is 0 Å². The average Bonchev–Trinajstić information content (AvgIpc) is 2.71. The number of hydrogen-bond donors (Lipinski definition) is 2. The molecule has 6 heteroatoms. The van der Waals surface area contributed by atoms with E-state index in [9.17, 15) is 19.5 Å². The maximum absolute atomic E-state index is 12.7. The average molecular weight is 316 g/mol. The molecule has 0 spiro atoms. The third kappa shape index (κ3) is 2.53. The molecule has 3 rings (SSSR count). The Morgan fingerprint density at radius 2 is 1.91 bits per heavy atom. The molecule has 1 aromatic rings. The maximum Gasteiger partial charge on any atom is 0.257 e. The largest absolute Gasteiger partial charge is 0.369 e.